The SMILES string of the molecule is CCC1CC(C)C(=O)/C=C/C2(C)OC2C(CO[C@@H]2O[C@H](C)[C@@H](O)[C@@H](OC)[C@H]2OC)C(CC)OC(=O)CC(O)C(C)C1O[C@H]1C[C@@H](N(C)C)[C@H](O[C@H]2C[C@@](C)(O)[C@@H](O)[C@H](C)O2)[C@H](C)O1. The minimum Gasteiger partial charge on any atom is -0.462 e. The second-order valence-corrected chi connectivity index (χ2v) is 19.4. The number of aliphatic hydroxyl groups excluding tert-OH is 3. The van der Waals surface area contributed by atoms with Gasteiger partial charge in [-0.25, -0.2) is 0 Å². The maximum absolute atomic E-state index is 13.9. The van der Waals surface area contributed by atoms with E-state index in [2.05, 4.69) is 0 Å². The highest BCUT2D eigenvalue weighted by Crippen LogP contribution is 2.46. The van der Waals surface area contributed by atoms with E-state index in [9.17, 15) is 30.0 Å². The number of fused-ring (bicyclic) bond motifs is 1. The van der Waals surface area contributed by atoms with Gasteiger partial charge in [0.1, 0.15) is 42.2 Å². The highest BCUT2D eigenvalue weighted by molar-refractivity contribution is 5.91. The van der Waals surface area contributed by atoms with Crippen molar-refractivity contribution < 1.29 is 77.4 Å². The number of ketones is 1. The molecule has 0 aliphatic carbocycles. The summed E-state index contributed by atoms with van der Waals surface area (Å²) in [4.78, 5) is 29.7. The molecular formula is C46H79NO16. The maximum atomic E-state index is 13.9. The van der Waals surface area contributed by atoms with Crippen LogP contribution in [-0.2, 0) is 57.0 Å². The number of ether oxygens (including phenoxy) is 10. The van der Waals surface area contributed by atoms with Crippen LogP contribution in [0.2, 0.25) is 0 Å². The van der Waals surface area contributed by atoms with Crippen LogP contribution in [0.25, 0.3) is 0 Å². The lowest BCUT2D eigenvalue weighted by molar-refractivity contribution is -0.322. The Morgan fingerprint density at radius 2 is 1.48 bits per heavy atom. The third-order valence-electron chi connectivity index (χ3n) is 14.4. The van der Waals surface area contributed by atoms with Crippen molar-refractivity contribution in [3.8, 4) is 0 Å². The maximum Gasteiger partial charge on any atom is 0.308 e. The van der Waals surface area contributed by atoms with E-state index in [0.717, 1.165) is 0 Å². The van der Waals surface area contributed by atoms with Crippen molar-refractivity contribution in [2.24, 2.45) is 23.7 Å². The van der Waals surface area contributed by atoms with Crippen LogP contribution >= 0.6 is 0 Å². The first-order valence-corrected chi connectivity index (χ1v) is 23.1. The van der Waals surface area contributed by atoms with Crippen LogP contribution in [0, 0.1) is 23.7 Å². The molecule has 0 amide bonds. The first kappa shape index (κ1) is 52.3. The van der Waals surface area contributed by atoms with Crippen LogP contribution in [0.4, 0.5) is 0 Å². The van der Waals surface area contributed by atoms with Crippen LogP contribution in [0.1, 0.15) is 101 Å². The van der Waals surface area contributed by atoms with Gasteiger partial charge in [0.15, 0.2) is 24.7 Å². The van der Waals surface area contributed by atoms with Crippen molar-refractivity contribution in [1.82, 2.24) is 4.90 Å². The van der Waals surface area contributed by atoms with Gasteiger partial charge >= 0.3 is 5.97 Å². The van der Waals surface area contributed by atoms with Crippen molar-refractivity contribution in [3.63, 3.8) is 0 Å². The van der Waals surface area contributed by atoms with Gasteiger partial charge in [0, 0.05) is 50.9 Å². The smallest absolute Gasteiger partial charge is 0.308 e. The number of aliphatic hydroxyl groups is 4. The monoisotopic (exact) mass is 902 g/mol. The number of hydrogen-bond donors (Lipinski definition) is 4. The van der Waals surface area contributed by atoms with Crippen LogP contribution in [0.5, 0.6) is 0 Å². The average molecular weight is 902 g/mol. The van der Waals surface area contributed by atoms with Gasteiger partial charge in [-0.2, -0.15) is 0 Å². The summed E-state index contributed by atoms with van der Waals surface area (Å²) in [5, 5.41) is 43.9. The molecule has 0 radical (unpaired) electrons. The van der Waals surface area contributed by atoms with E-state index in [-0.39, 0.29) is 37.2 Å². The van der Waals surface area contributed by atoms with E-state index in [1.165, 1.54) is 14.2 Å². The fourth-order valence-electron chi connectivity index (χ4n) is 10.1. The van der Waals surface area contributed by atoms with E-state index >= 15 is 0 Å². The number of cyclic esters (lactones) is 1. The van der Waals surface area contributed by atoms with E-state index in [0.29, 0.717) is 25.7 Å². The molecule has 9 unspecified atom stereocenters. The Kier molecular flexibility index (Phi) is 18.2. The summed E-state index contributed by atoms with van der Waals surface area (Å²) in [6.07, 6.45) is -6.07. The zero-order chi connectivity index (χ0) is 46.7. The number of esters is 1. The van der Waals surface area contributed by atoms with Crippen molar-refractivity contribution in [1.29, 1.82) is 0 Å². The third kappa shape index (κ3) is 12.3. The number of likely N-dealkylation sites (N-methyl/N-ethyl adjacent to an activating group) is 1. The number of allylic oxidation sites excluding steroid dienone is 1. The molecule has 63 heavy (non-hydrogen) atoms. The summed E-state index contributed by atoms with van der Waals surface area (Å²) < 4.78 is 61.9. The van der Waals surface area contributed by atoms with E-state index < -0.39 is 127 Å². The molecule has 17 heteroatoms. The largest absolute Gasteiger partial charge is 0.462 e. The van der Waals surface area contributed by atoms with E-state index in [1.807, 2.05) is 60.5 Å². The lowest BCUT2D eigenvalue weighted by Gasteiger charge is -2.48. The lowest BCUT2D eigenvalue weighted by Crippen LogP contribution is -2.60. The highest BCUT2D eigenvalue weighted by Gasteiger charge is 2.58. The van der Waals surface area contributed by atoms with Gasteiger partial charge in [-0.1, -0.05) is 34.1 Å². The number of methoxy groups -OCH3 is 2. The molecule has 0 spiro atoms. The molecular weight excluding hydrogens is 822 g/mol. The Hall–Kier alpha value is -1.68. The molecule has 5 aliphatic rings. The minimum atomic E-state index is -1.39. The summed E-state index contributed by atoms with van der Waals surface area (Å²) in [5.74, 6) is -2.37. The van der Waals surface area contributed by atoms with Gasteiger partial charge in [0.25, 0.3) is 0 Å². The molecule has 0 aromatic rings. The Balaban J connectivity index is 1.36. The fraction of sp³-hybridized carbons (Fsp3) is 0.913. The Morgan fingerprint density at radius 1 is 0.825 bits per heavy atom. The third-order valence-corrected chi connectivity index (χ3v) is 14.4. The first-order valence-electron chi connectivity index (χ1n) is 23.1. The van der Waals surface area contributed by atoms with E-state index in [1.54, 1.807) is 32.9 Å². The molecule has 0 saturated carbocycles. The van der Waals surface area contributed by atoms with Crippen LogP contribution < -0.4 is 0 Å². The zero-order valence-corrected chi connectivity index (χ0v) is 39.8. The summed E-state index contributed by atoms with van der Waals surface area (Å²) >= 11 is 0. The van der Waals surface area contributed by atoms with Gasteiger partial charge in [-0.05, 0) is 79.6 Å². The second-order valence-electron chi connectivity index (χ2n) is 19.4. The first-order chi connectivity index (χ1) is 29.6. The van der Waals surface area contributed by atoms with Gasteiger partial charge < -0.3 is 72.7 Å². The molecule has 364 valence electrons. The van der Waals surface area contributed by atoms with Gasteiger partial charge in [-0.3, -0.25) is 9.59 Å². The summed E-state index contributed by atoms with van der Waals surface area (Å²) in [6.45, 7) is 16.5. The number of rotatable bonds is 12. The van der Waals surface area contributed by atoms with Crippen molar-refractivity contribution in [3.05, 3.63) is 12.2 Å². The predicted octanol–water partition coefficient (Wildman–Crippen LogP) is 2.89. The average Bonchev–Trinajstić information content (AvgIpc) is 3.90. The molecule has 5 rings (SSSR count). The van der Waals surface area contributed by atoms with Crippen molar-refractivity contribution in [2.75, 3.05) is 34.9 Å². The van der Waals surface area contributed by atoms with Crippen LogP contribution in [-0.4, -0.2) is 181 Å². The van der Waals surface area contributed by atoms with Crippen molar-refractivity contribution in [2.45, 2.75) is 210 Å². The van der Waals surface area contributed by atoms with E-state index in [4.69, 9.17) is 47.4 Å². The van der Waals surface area contributed by atoms with Gasteiger partial charge in [0.05, 0.1) is 55.3 Å². The molecule has 4 fully saturated rings. The Labute approximate surface area is 374 Å². The summed E-state index contributed by atoms with van der Waals surface area (Å²) in [6, 6.07) is -0.208. The number of carbonyl (C=O) groups is 2. The number of carbonyl (C=O) groups excluding carboxylic acids is 2. The van der Waals surface area contributed by atoms with Gasteiger partial charge in [-0.15, -0.1) is 0 Å². The number of epoxide rings is 1. The Bertz CT molecular complexity index is 1520. The molecule has 5 aliphatic heterocycles. The quantitative estimate of drug-likeness (QED) is 0.164. The lowest BCUT2D eigenvalue weighted by atomic mass is 9.79. The molecule has 4 N–H and O–H groups in total. The second kappa shape index (κ2) is 22.0. The highest BCUT2D eigenvalue weighted by atomic mass is 16.7. The van der Waals surface area contributed by atoms with Crippen LogP contribution in [0.3, 0.4) is 0 Å². The van der Waals surface area contributed by atoms with Crippen LogP contribution in [0.15, 0.2) is 12.2 Å². The van der Waals surface area contributed by atoms with Crippen molar-refractivity contribution >= 4 is 11.8 Å². The number of hydrogen-bond acceptors (Lipinski definition) is 17. The molecule has 22 atom stereocenters. The zero-order valence-electron chi connectivity index (χ0n) is 39.8. The fourth-order valence-corrected chi connectivity index (χ4v) is 10.1. The molecule has 17 nitrogen and oxygen atoms in total. The topological polar surface area (TPSA) is 214 Å². The normalized spacial score (nSPS) is 48.7. The molecule has 0 bridgehead atoms. The predicted molar refractivity (Wildman–Crippen MR) is 228 cm³/mol. The summed E-state index contributed by atoms with van der Waals surface area (Å²) in [7, 11) is 6.86. The minimum absolute atomic E-state index is 0.0253. The molecule has 5 heterocycles. The molecule has 0 aromatic carbocycles. The number of nitrogens with zero attached hydrogens (tertiary/aromatic N) is 1. The standard InChI is InChI=1S/C46H79NO16/c1-14-28-18-23(3)31(48)16-17-46(9)43(63-46)29(22-56-44-41(55-13)40(54-12)37(51)25(5)59-44)33(15-2)60-34(50)20-32(49)24(4)38(28)61-35-19-30(47(10)11)39(26(6)57-35)62-36-21-45(8,53)42(52)27(7)58-36/h16-17,23-30,32-33,35-44,49,51-53H,14-15,18-22H2,1-13H3/b17-16+/t23?,24?,25-,26+,27+,28?,29?,30-,32?,33?,35+,36+,37-,38?,39-,40-,41-,42+,43?,44-,45-,46?/m1/s1. The Morgan fingerprint density at radius 3 is 2.08 bits per heavy atom. The molecule has 0 aromatic heterocycles. The van der Waals surface area contributed by atoms with Gasteiger partial charge in [0.2, 0.25) is 0 Å². The summed E-state index contributed by atoms with van der Waals surface area (Å²) in [5.41, 5.74) is -2.24. The molecule has 4 saturated heterocycles.